The maximum absolute atomic E-state index is 5.51. The van der Waals surface area contributed by atoms with Crippen molar-refractivity contribution >= 4 is 35.8 Å². The molecule has 0 radical (unpaired) electrons. The summed E-state index contributed by atoms with van der Waals surface area (Å²) in [5, 5.41) is 3.49. The van der Waals surface area contributed by atoms with Gasteiger partial charge in [-0.25, -0.2) is 9.98 Å². The van der Waals surface area contributed by atoms with Gasteiger partial charge >= 0.3 is 0 Å². The van der Waals surface area contributed by atoms with E-state index in [9.17, 15) is 0 Å². The lowest BCUT2D eigenvalue weighted by atomic mass is 10.2. The molecule has 1 atom stereocenters. The summed E-state index contributed by atoms with van der Waals surface area (Å²) in [6.07, 6.45) is 8.46. The van der Waals surface area contributed by atoms with Gasteiger partial charge in [-0.05, 0) is 37.8 Å². The third-order valence-electron chi connectivity index (χ3n) is 6.51. The van der Waals surface area contributed by atoms with Gasteiger partial charge < -0.3 is 19.9 Å². The Hall–Kier alpha value is -1.13. The van der Waals surface area contributed by atoms with Crippen molar-refractivity contribution in [2.75, 3.05) is 63.9 Å². The SMILES string of the molecule is CCNC(=NCc1ccc(N2CCCCCC2)nc1)N1CCC(N2CCOCC2)C1.I. The molecule has 174 valence electrons. The van der Waals surface area contributed by atoms with Crippen LogP contribution in [0.1, 0.15) is 44.6 Å². The summed E-state index contributed by atoms with van der Waals surface area (Å²) in [7, 11) is 0. The molecule has 3 aliphatic rings. The molecular formula is C23H39IN6O. The van der Waals surface area contributed by atoms with E-state index >= 15 is 0 Å². The van der Waals surface area contributed by atoms with E-state index in [1.165, 1.54) is 37.7 Å². The smallest absolute Gasteiger partial charge is 0.194 e. The second-order valence-electron chi connectivity index (χ2n) is 8.63. The van der Waals surface area contributed by atoms with Crippen LogP contribution < -0.4 is 10.2 Å². The maximum Gasteiger partial charge on any atom is 0.194 e. The number of rotatable bonds is 5. The van der Waals surface area contributed by atoms with Gasteiger partial charge in [-0.2, -0.15) is 0 Å². The molecule has 4 heterocycles. The molecule has 1 aromatic heterocycles. The van der Waals surface area contributed by atoms with E-state index in [0.717, 1.165) is 70.8 Å². The van der Waals surface area contributed by atoms with Gasteiger partial charge in [-0.1, -0.05) is 18.9 Å². The number of hydrogen-bond donors (Lipinski definition) is 1. The van der Waals surface area contributed by atoms with Crippen LogP contribution in [0.2, 0.25) is 0 Å². The molecule has 1 unspecified atom stereocenters. The van der Waals surface area contributed by atoms with Crippen LogP contribution in [0.5, 0.6) is 0 Å². The molecule has 31 heavy (non-hydrogen) atoms. The first kappa shape index (κ1) is 24.5. The van der Waals surface area contributed by atoms with Gasteiger partial charge in [0.25, 0.3) is 0 Å². The first-order valence-corrected chi connectivity index (χ1v) is 11.9. The van der Waals surface area contributed by atoms with Gasteiger partial charge in [-0.3, -0.25) is 4.90 Å². The summed E-state index contributed by atoms with van der Waals surface area (Å²) in [6.45, 7) is 11.9. The second-order valence-corrected chi connectivity index (χ2v) is 8.63. The van der Waals surface area contributed by atoms with Crippen molar-refractivity contribution in [3.05, 3.63) is 23.9 Å². The van der Waals surface area contributed by atoms with Crippen molar-refractivity contribution in [3.8, 4) is 0 Å². The zero-order chi connectivity index (χ0) is 20.6. The Bertz CT molecular complexity index is 671. The normalized spacial score (nSPS) is 23.4. The van der Waals surface area contributed by atoms with Gasteiger partial charge in [0.1, 0.15) is 5.82 Å². The van der Waals surface area contributed by atoms with Crippen molar-refractivity contribution in [1.82, 2.24) is 20.1 Å². The number of aromatic nitrogens is 1. The molecule has 0 spiro atoms. The minimum Gasteiger partial charge on any atom is -0.379 e. The molecule has 3 saturated heterocycles. The van der Waals surface area contributed by atoms with Gasteiger partial charge in [0.15, 0.2) is 5.96 Å². The summed E-state index contributed by atoms with van der Waals surface area (Å²) in [6, 6.07) is 4.99. The zero-order valence-electron chi connectivity index (χ0n) is 19.0. The lowest BCUT2D eigenvalue weighted by molar-refractivity contribution is 0.0195. The van der Waals surface area contributed by atoms with E-state index in [4.69, 9.17) is 14.7 Å². The molecule has 1 N–H and O–H groups in total. The Balaban J connectivity index is 0.00000272. The summed E-state index contributed by atoms with van der Waals surface area (Å²) < 4.78 is 5.51. The molecule has 0 bridgehead atoms. The fraction of sp³-hybridized carbons (Fsp3) is 0.739. The quantitative estimate of drug-likeness (QED) is 0.351. The molecule has 0 saturated carbocycles. The van der Waals surface area contributed by atoms with Crippen molar-refractivity contribution in [3.63, 3.8) is 0 Å². The van der Waals surface area contributed by atoms with Crippen LogP contribution in [0, 0.1) is 0 Å². The molecular weight excluding hydrogens is 503 g/mol. The van der Waals surface area contributed by atoms with E-state index in [1.54, 1.807) is 0 Å². The minimum atomic E-state index is 0. The number of morpholine rings is 1. The number of anilines is 1. The Kier molecular flexibility index (Phi) is 10.1. The van der Waals surface area contributed by atoms with E-state index < -0.39 is 0 Å². The number of nitrogens with zero attached hydrogens (tertiary/aromatic N) is 5. The maximum atomic E-state index is 5.51. The van der Waals surface area contributed by atoms with Crippen LogP contribution >= 0.6 is 24.0 Å². The van der Waals surface area contributed by atoms with E-state index in [0.29, 0.717) is 12.6 Å². The topological polar surface area (TPSA) is 56.2 Å². The van der Waals surface area contributed by atoms with Gasteiger partial charge in [0.05, 0.1) is 19.8 Å². The Morgan fingerprint density at radius 2 is 1.87 bits per heavy atom. The molecule has 8 heteroatoms. The van der Waals surface area contributed by atoms with Crippen molar-refractivity contribution in [2.45, 2.75) is 51.6 Å². The second kappa shape index (κ2) is 12.8. The number of hydrogen-bond acceptors (Lipinski definition) is 5. The van der Waals surface area contributed by atoms with Crippen LogP contribution in [-0.4, -0.2) is 85.8 Å². The lowest BCUT2D eigenvalue weighted by Gasteiger charge is -2.32. The largest absolute Gasteiger partial charge is 0.379 e. The number of aliphatic imine (C=N–C) groups is 1. The monoisotopic (exact) mass is 542 g/mol. The van der Waals surface area contributed by atoms with Crippen LogP contribution in [0.4, 0.5) is 5.82 Å². The zero-order valence-corrected chi connectivity index (χ0v) is 21.3. The van der Waals surface area contributed by atoms with E-state index in [1.807, 2.05) is 6.20 Å². The summed E-state index contributed by atoms with van der Waals surface area (Å²) in [5.74, 6) is 2.15. The predicted octanol–water partition coefficient (Wildman–Crippen LogP) is 2.95. The standard InChI is InChI=1S/C23H38N6O.HI/c1-2-24-23(29-12-9-21(19-29)27-13-15-30-16-14-27)26-18-20-7-8-22(25-17-20)28-10-5-3-4-6-11-28;/h7-8,17,21H,2-6,9-16,18-19H2,1H3,(H,24,26);1H. The Labute approximate surface area is 204 Å². The lowest BCUT2D eigenvalue weighted by Crippen LogP contribution is -2.46. The number of nitrogens with one attached hydrogen (secondary N) is 1. The third kappa shape index (κ3) is 6.92. The average molecular weight is 543 g/mol. The molecule has 0 amide bonds. The first-order valence-electron chi connectivity index (χ1n) is 11.9. The molecule has 4 rings (SSSR count). The number of pyridine rings is 1. The van der Waals surface area contributed by atoms with Crippen molar-refractivity contribution in [1.29, 1.82) is 0 Å². The van der Waals surface area contributed by atoms with E-state index in [2.05, 4.69) is 39.1 Å². The summed E-state index contributed by atoms with van der Waals surface area (Å²) in [4.78, 5) is 17.1. The van der Waals surface area contributed by atoms with Crippen LogP contribution in [-0.2, 0) is 11.3 Å². The molecule has 0 aliphatic carbocycles. The molecule has 3 aliphatic heterocycles. The van der Waals surface area contributed by atoms with Crippen LogP contribution in [0.25, 0.3) is 0 Å². The fourth-order valence-electron chi connectivity index (χ4n) is 4.76. The van der Waals surface area contributed by atoms with Crippen molar-refractivity contribution in [2.24, 2.45) is 4.99 Å². The number of likely N-dealkylation sites (tertiary alicyclic amines) is 1. The summed E-state index contributed by atoms with van der Waals surface area (Å²) >= 11 is 0. The molecule has 3 fully saturated rings. The number of halogens is 1. The van der Waals surface area contributed by atoms with Gasteiger partial charge in [0, 0.05) is 58.1 Å². The fourth-order valence-corrected chi connectivity index (χ4v) is 4.76. The van der Waals surface area contributed by atoms with Crippen LogP contribution in [0.15, 0.2) is 23.3 Å². The first-order chi connectivity index (χ1) is 14.8. The number of ether oxygens (including phenoxy) is 1. The Morgan fingerprint density at radius 3 is 2.55 bits per heavy atom. The van der Waals surface area contributed by atoms with Crippen LogP contribution in [0.3, 0.4) is 0 Å². The summed E-state index contributed by atoms with van der Waals surface area (Å²) in [5.41, 5.74) is 1.17. The molecule has 1 aromatic rings. The van der Waals surface area contributed by atoms with Gasteiger partial charge in [-0.15, -0.1) is 24.0 Å². The highest BCUT2D eigenvalue weighted by molar-refractivity contribution is 14.0. The van der Waals surface area contributed by atoms with E-state index in [-0.39, 0.29) is 24.0 Å². The highest BCUT2D eigenvalue weighted by atomic mass is 127. The average Bonchev–Trinajstić information content (AvgIpc) is 3.13. The Morgan fingerprint density at radius 1 is 1.10 bits per heavy atom. The van der Waals surface area contributed by atoms with Crippen molar-refractivity contribution < 1.29 is 4.74 Å². The predicted molar refractivity (Wildman–Crippen MR) is 138 cm³/mol. The van der Waals surface area contributed by atoms with Gasteiger partial charge in [0.2, 0.25) is 0 Å². The highest BCUT2D eigenvalue weighted by Crippen LogP contribution is 2.19. The highest BCUT2D eigenvalue weighted by Gasteiger charge is 2.30. The number of guanidine groups is 1. The third-order valence-corrected chi connectivity index (χ3v) is 6.51. The molecule has 0 aromatic carbocycles. The minimum absolute atomic E-state index is 0. The molecule has 7 nitrogen and oxygen atoms in total.